The number of aryl methyl sites for hydroxylation is 1. The number of hydrogen-bond donors (Lipinski definition) is 2. The van der Waals surface area contributed by atoms with Crippen LogP contribution in [-0.2, 0) is 17.6 Å². The Balaban J connectivity index is 1.30. The molecule has 7 heteroatoms. The number of hydrogen-bond acceptors (Lipinski definition) is 4. The van der Waals surface area contributed by atoms with Gasteiger partial charge in [-0.1, -0.05) is 11.6 Å². The number of methoxy groups -OCH3 is 1. The van der Waals surface area contributed by atoms with Crippen LogP contribution in [0.3, 0.4) is 0 Å². The van der Waals surface area contributed by atoms with Crippen LogP contribution in [0.2, 0.25) is 0 Å². The summed E-state index contributed by atoms with van der Waals surface area (Å²) in [6.07, 6.45) is 2.08. The summed E-state index contributed by atoms with van der Waals surface area (Å²) < 4.78 is 5.01. The van der Waals surface area contributed by atoms with E-state index in [-0.39, 0.29) is 29.3 Å². The van der Waals surface area contributed by atoms with Gasteiger partial charge in [0.1, 0.15) is 0 Å². The Labute approximate surface area is 185 Å². The summed E-state index contributed by atoms with van der Waals surface area (Å²) >= 11 is 0. The molecular weight excluding hydrogens is 406 g/mol. The van der Waals surface area contributed by atoms with E-state index in [0.29, 0.717) is 30.7 Å². The van der Waals surface area contributed by atoms with Gasteiger partial charge >= 0.3 is 0 Å². The highest BCUT2D eigenvalue weighted by molar-refractivity contribution is 6.22. The molecule has 2 N–H and O–H groups in total. The van der Waals surface area contributed by atoms with Crippen molar-refractivity contribution in [3.05, 3.63) is 69.9 Å². The highest BCUT2D eigenvalue weighted by Gasteiger charge is 2.36. The first-order chi connectivity index (χ1) is 15.5. The molecule has 1 aliphatic heterocycles. The number of rotatable bonds is 6. The first-order valence-corrected chi connectivity index (χ1v) is 10.9. The number of aromatic amines is 1. The van der Waals surface area contributed by atoms with E-state index in [1.54, 1.807) is 19.2 Å². The van der Waals surface area contributed by atoms with Crippen LogP contribution in [0.1, 0.15) is 54.3 Å². The van der Waals surface area contributed by atoms with Gasteiger partial charge in [0.25, 0.3) is 17.7 Å². The fraction of sp³-hybridized carbons (Fsp3) is 0.320. The summed E-state index contributed by atoms with van der Waals surface area (Å²) in [6.45, 7) is 2.85. The van der Waals surface area contributed by atoms with Crippen molar-refractivity contribution in [1.82, 2.24) is 15.2 Å². The first-order valence-electron chi connectivity index (χ1n) is 10.9. The van der Waals surface area contributed by atoms with Crippen LogP contribution >= 0.6 is 0 Å². The van der Waals surface area contributed by atoms with Crippen molar-refractivity contribution < 1.29 is 19.1 Å². The second-order valence-corrected chi connectivity index (χ2v) is 8.58. The smallest absolute Gasteiger partial charge is 0.261 e. The maximum Gasteiger partial charge on any atom is 0.261 e. The van der Waals surface area contributed by atoms with E-state index in [1.807, 2.05) is 0 Å². The molecule has 0 spiro atoms. The molecule has 2 aliphatic rings. The van der Waals surface area contributed by atoms with E-state index < -0.39 is 0 Å². The number of carbonyl (C=O) groups is 3. The molecule has 0 bridgehead atoms. The van der Waals surface area contributed by atoms with Crippen LogP contribution < -0.4 is 5.32 Å². The number of nitrogens with zero attached hydrogens (tertiary/aromatic N) is 1. The van der Waals surface area contributed by atoms with Crippen LogP contribution in [0, 0.1) is 6.92 Å². The highest BCUT2D eigenvalue weighted by atomic mass is 16.5. The van der Waals surface area contributed by atoms with E-state index in [9.17, 15) is 14.4 Å². The summed E-state index contributed by atoms with van der Waals surface area (Å²) in [7, 11) is 1.58. The lowest BCUT2D eigenvalue weighted by molar-refractivity contribution is 0.0638. The highest BCUT2D eigenvalue weighted by Crippen LogP contribution is 2.31. The lowest BCUT2D eigenvalue weighted by Crippen LogP contribution is -2.35. The predicted octanol–water partition coefficient (Wildman–Crippen LogP) is 3.01. The lowest BCUT2D eigenvalue weighted by atomic mass is 10.0. The lowest BCUT2D eigenvalue weighted by Gasteiger charge is -2.13. The topological polar surface area (TPSA) is 91.5 Å². The number of carbonyl (C=O) groups excluding carboxylic acids is 3. The van der Waals surface area contributed by atoms with Gasteiger partial charge in [-0.05, 0) is 55.7 Å². The maximum absolute atomic E-state index is 12.9. The Morgan fingerprint density at radius 3 is 2.75 bits per heavy atom. The van der Waals surface area contributed by atoms with E-state index in [4.69, 9.17) is 4.74 Å². The molecule has 3 amide bonds. The fourth-order valence-corrected chi connectivity index (χ4v) is 4.76. The SMILES string of the molecule is COCCCN1C(=O)c2ccc(C(=O)NC3Cc4[nH]c5ccc(C)cc5c4C3)cc2C1=O. The fourth-order valence-electron chi connectivity index (χ4n) is 4.76. The van der Waals surface area contributed by atoms with Gasteiger partial charge in [-0.2, -0.15) is 0 Å². The van der Waals surface area contributed by atoms with Crippen molar-refractivity contribution in [2.75, 3.05) is 20.3 Å². The molecule has 32 heavy (non-hydrogen) atoms. The van der Waals surface area contributed by atoms with Gasteiger partial charge in [-0.25, -0.2) is 0 Å². The van der Waals surface area contributed by atoms with Gasteiger partial charge in [-0.15, -0.1) is 0 Å². The molecule has 1 aliphatic carbocycles. The van der Waals surface area contributed by atoms with Gasteiger partial charge in [0.05, 0.1) is 11.1 Å². The van der Waals surface area contributed by atoms with Crippen molar-refractivity contribution in [2.45, 2.75) is 32.2 Å². The Morgan fingerprint density at radius 2 is 1.94 bits per heavy atom. The van der Waals surface area contributed by atoms with Crippen LogP contribution in [-0.4, -0.2) is 53.9 Å². The molecule has 0 fully saturated rings. The maximum atomic E-state index is 12.9. The quantitative estimate of drug-likeness (QED) is 0.464. The molecule has 7 nitrogen and oxygen atoms in total. The van der Waals surface area contributed by atoms with Crippen LogP contribution in [0.5, 0.6) is 0 Å². The van der Waals surface area contributed by atoms with Crippen molar-refractivity contribution >= 4 is 28.6 Å². The molecule has 1 atom stereocenters. The third-order valence-corrected chi connectivity index (χ3v) is 6.35. The monoisotopic (exact) mass is 431 g/mol. The molecular formula is C25H25N3O4. The van der Waals surface area contributed by atoms with Crippen molar-refractivity contribution in [1.29, 1.82) is 0 Å². The summed E-state index contributed by atoms with van der Waals surface area (Å²) in [4.78, 5) is 42.9. The molecule has 1 unspecified atom stereocenters. The molecule has 1 aromatic heterocycles. The first kappa shape index (κ1) is 20.5. The predicted molar refractivity (Wildman–Crippen MR) is 120 cm³/mol. The number of imide groups is 1. The summed E-state index contributed by atoms with van der Waals surface area (Å²) in [5.41, 5.74) is 5.79. The second-order valence-electron chi connectivity index (χ2n) is 8.58. The van der Waals surface area contributed by atoms with Gasteiger partial charge in [0.15, 0.2) is 0 Å². The average molecular weight is 431 g/mol. The van der Waals surface area contributed by atoms with E-state index >= 15 is 0 Å². The number of H-pyrrole nitrogens is 1. The zero-order chi connectivity index (χ0) is 22.4. The van der Waals surface area contributed by atoms with Gasteiger partial charge in [-0.3, -0.25) is 19.3 Å². The van der Waals surface area contributed by atoms with E-state index in [2.05, 4.69) is 35.4 Å². The zero-order valence-electron chi connectivity index (χ0n) is 18.2. The summed E-state index contributed by atoms with van der Waals surface area (Å²) in [5, 5.41) is 4.31. The summed E-state index contributed by atoms with van der Waals surface area (Å²) in [6, 6.07) is 11.1. The molecule has 0 radical (unpaired) electrons. The van der Waals surface area contributed by atoms with Crippen molar-refractivity contribution in [3.8, 4) is 0 Å². The largest absolute Gasteiger partial charge is 0.385 e. The molecule has 2 aromatic carbocycles. The number of ether oxygens (including phenoxy) is 1. The number of benzene rings is 2. The van der Waals surface area contributed by atoms with Crippen molar-refractivity contribution in [2.24, 2.45) is 0 Å². The minimum absolute atomic E-state index is 0.00945. The standard InChI is InChI=1S/C25H25N3O4/c1-14-4-7-21-18(10-14)19-12-16(13-22(19)27-21)26-23(29)15-5-6-17-20(11-15)25(31)28(24(17)30)8-3-9-32-2/h4-7,10-11,16,27H,3,8-9,12-13H2,1-2H3,(H,26,29). The van der Waals surface area contributed by atoms with Gasteiger partial charge in [0, 0.05) is 54.9 Å². The zero-order valence-corrected chi connectivity index (χ0v) is 18.2. The number of aromatic nitrogens is 1. The normalized spacial score (nSPS) is 17.2. The molecule has 3 aromatic rings. The second kappa shape index (κ2) is 7.91. The molecule has 164 valence electrons. The van der Waals surface area contributed by atoms with Crippen LogP contribution in [0.15, 0.2) is 36.4 Å². The molecule has 5 rings (SSSR count). The Bertz CT molecular complexity index is 1260. The summed E-state index contributed by atoms with van der Waals surface area (Å²) in [5.74, 6) is -0.903. The van der Waals surface area contributed by atoms with Crippen LogP contribution in [0.4, 0.5) is 0 Å². The van der Waals surface area contributed by atoms with E-state index in [1.165, 1.54) is 27.5 Å². The molecule has 0 saturated heterocycles. The minimum atomic E-state index is -0.353. The van der Waals surface area contributed by atoms with E-state index in [0.717, 1.165) is 24.1 Å². The third kappa shape index (κ3) is 3.39. The Hall–Kier alpha value is -3.45. The Morgan fingerprint density at radius 1 is 1.12 bits per heavy atom. The molecule has 2 heterocycles. The van der Waals surface area contributed by atoms with Gasteiger partial charge in [0.2, 0.25) is 0 Å². The molecule has 0 saturated carbocycles. The van der Waals surface area contributed by atoms with Crippen LogP contribution in [0.25, 0.3) is 10.9 Å². The number of fused-ring (bicyclic) bond motifs is 4. The Kier molecular flexibility index (Phi) is 5.06. The van der Waals surface area contributed by atoms with Crippen molar-refractivity contribution in [3.63, 3.8) is 0 Å². The average Bonchev–Trinajstić information content (AvgIpc) is 3.39. The third-order valence-electron chi connectivity index (χ3n) is 6.35. The number of nitrogens with one attached hydrogen (secondary N) is 2. The van der Waals surface area contributed by atoms with Gasteiger partial charge < -0.3 is 15.0 Å². The minimum Gasteiger partial charge on any atom is -0.385 e. The number of amides is 3.